The van der Waals surface area contributed by atoms with Crippen LogP contribution in [0.3, 0.4) is 0 Å². The predicted octanol–water partition coefficient (Wildman–Crippen LogP) is 3.88. The van der Waals surface area contributed by atoms with Crippen molar-refractivity contribution in [2.45, 2.75) is 24.9 Å². The van der Waals surface area contributed by atoms with Gasteiger partial charge in [-0.3, -0.25) is 5.43 Å². The summed E-state index contributed by atoms with van der Waals surface area (Å²) in [5, 5.41) is 0. The summed E-state index contributed by atoms with van der Waals surface area (Å²) in [6.07, 6.45) is 1.36. The Hall–Kier alpha value is -3.95. The maximum atomic E-state index is 12.7. The standard InChI is InChI=1S/C25H26N6O2S/c1-19-12-14-22(15-13-19)34(32,33)30-29-24-23(26)25(28-18-27-24)31(16-20-8-4-2-5-9-20)17-21-10-6-3-7-11-21/h2-15,18,30H,16-17,26H2,1H3,(H,27,28,29). The maximum Gasteiger partial charge on any atom is 0.257 e. The lowest BCUT2D eigenvalue weighted by Gasteiger charge is -2.26. The number of rotatable bonds is 9. The molecule has 0 aliphatic rings. The van der Waals surface area contributed by atoms with Gasteiger partial charge < -0.3 is 10.6 Å². The van der Waals surface area contributed by atoms with E-state index < -0.39 is 10.0 Å². The van der Waals surface area contributed by atoms with E-state index in [2.05, 4.69) is 20.2 Å². The van der Waals surface area contributed by atoms with E-state index in [1.807, 2.05) is 72.5 Å². The van der Waals surface area contributed by atoms with E-state index in [0.717, 1.165) is 16.7 Å². The highest BCUT2D eigenvalue weighted by atomic mass is 32.2. The van der Waals surface area contributed by atoms with Crippen LogP contribution in [0.25, 0.3) is 0 Å². The third kappa shape index (κ3) is 5.69. The van der Waals surface area contributed by atoms with Crippen LogP contribution >= 0.6 is 0 Å². The first-order chi connectivity index (χ1) is 16.4. The predicted molar refractivity (Wildman–Crippen MR) is 134 cm³/mol. The number of nitrogens with one attached hydrogen (secondary N) is 2. The number of benzene rings is 3. The van der Waals surface area contributed by atoms with Crippen LogP contribution in [0, 0.1) is 6.92 Å². The molecule has 4 rings (SSSR count). The lowest BCUT2D eigenvalue weighted by Crippen LogP contribution is -2.31. The van der Waals surface area contributed by atoms with Gasteiger partial charge in [0.15, 0.2) is 11.6 Å². The minimum absolute atomic E-state index is 0.133. The highest BCUT2D eigenvalue weighted by Crippen LogP contribution is 2.28. The van der Waals surface area contributed by atoms with Crippen LogP contribution in [0.15, 0.2) is 96.2 Å². The quantitative estimate of drug-likeness (QED) is 0.316. The number of hydrogen-bond donors (Lipinski definition) is 3. The molecule has 1 heterocycles. The average molecular weight is 475 g/mol. The first-order valence-corrected chi connectivity index (χ1v) is 12.2. The number of aromatic nitrogens is 2. The lowest BCUT2D eigenvalue weighted by molar-refractivity contribution is 0.587. The van der Waals surface area contributed by atoms with Gasteiger partial charge in [0, 0.05) is 13.1 Å². The first-order valence-electron chi connectivity index (χ1n) is 10.7. The van der Waals surface area contributed by atoms with Crippen LogP contribution in [0.2, 0.25) is 0 Å². The van der Waals surface area contributed by atoms with Crippen molar-refractivity contribution in [1.82, 2.24) is 14.8 Å². The smallest absolute Gasteiger partial charge is 0.257 e. The first kappa shape index (κ1) is 23.2. The van der Waals surface area contributed by atoms with E-state index in [4.69, 9.17) is 5.73 Å². The van der Waals surface area contributed by atoms with Gasteiger partial charge in [0.25, 0.3) is 10.0 Å². The fraction of sp³-hybridized carbons (Fsp3) is 0.120. The summed E-state index contributed by atoms with van der Waals surface area (Å²) >= 11 is 0. The molecule has 4 aromatic rings. The molecule has 0 aliphatic heterocycles. The van der Waals surface area contributed by atoms with Crippen molar-refractivity contribution >= 4 is 27.3 Å². The van der Waals surface area contributed by atoms with Crippen LogP contribution < -0.4 is 20.9 Å². The molecule has 0 unspecified atom stereocenters. The summed E-state index contributed by atoms with van der Waals surface area (Å²) in [6, 6.07) is 26.5. The average Bonchev–Trinajstić information content (AvgIpc) is 2.85. The Labute approximate surface area is 199 Å². The fourth-order valence-corrected chi connectivity index (χ4v) is 4.29. The van der Waals surface area contributed by atoms with Crippen LogP contribution in [0.4, 0.5) is 17.3 Å². The molecule has 0 amide bonds. The molecule has 3 aromatic carbocycles. The number of aryl methyl sites for hydroxylation is 1. The van der Waals surface area contributed by atoms with Crippen molar-refractivity contribution in [3.63, 3.8) is 0 Å². The highest BCUT2D eigenvalue weighted by Gasteiger charge is 2.19. The molecule has 0 spiro atoms. The van der Waals surface area contributed by atoms with E-state index in [1.165, 1.54) is 18.5 Å². The van der Waals surface area contributed by atoms with E-state index in [1.54, 1.807) is 12.1 Å². The summed E-state index contributed by atoms with van der Waals surface area (Å²) < 4.78 is 25.3. The van der Waals surface area contributed by atoms with Gasteiger partial charge in [-0.25, -0.2) is 18.4 Å². The van der Waals surface area contributed by atoms with Crippen molar-refractivity contribution in [2.75, 3.05) is 16.1 Å². The molecule has 9 heteroatoms. The van der Waals surface area contributed by atoms with Gasteiger partial charge in [-0.2, -0.15) is 0 Å². The molecule has 1 aromatic heterocycles. The van der Waals surface area contributed by atoms with Crippen LogP contribution in [-0.2, 0) is 23.1 Å². The molecular formula is C25H26N6O2S. The van der Waals surface area contributed by atoms with E-state index in [9.17, 15) is 8.42 Å². The largest absolute Gasteiger partial charge is 0.393 e. The molecule has 0 atom stereocenters. The Morgan fingerprint density at radius 2 is 1.38 bits per heavy atom. The monoisotopic (exact) mass is 474 g/mol. The topological polar surface area (TPSA) is 113 Å². The zero-order chi connectivity index (χ0) is 24.0. The van der Waals surface area contributed by atoms with Crippen molar-refractivity contribution in [3.05, 3.63) is 108 Å². The minimum atomic E-state index is -3.81. The molecule has 4 N–H and O–H groups in total. The van der Waals surface area contributed by atoms with E-state index in [-0.39, 0.29) is 16.4 Å². The molecule has 0 radical (unpaired) electrons. The van der Waals surface area contributed by atoms with Gasteiger partial charge in [0.05, 0.1) is 4.90 Å². The Bertz CT molecular complexity index is 1290. The molecule has 0 saturated heterocycles. The van der Waals surface area contributed by atoms with Crippen LogP contribution in [0.1, 0.15) is 16.7 Å². The molecule has 0 fully saturated rings. The molecular weight excluding hydrogens is 448 g/mol. The summed E-state index contributed by atoms with van der Waals surface area (Å²) in [6.45, 7) is 3.01. The van der Waals surface area contributed by atoms with Crippen LogP contribution in [0.5, 0.6) is 0 Å². The van der Waals surface area contributed by atoms with Gasteiger partial charge >= 0.3 is 0 Å². The van der Waals surface area contributed by atoms with Crippen molar-refractivity contribution in [2.24, 2.45) is 0 Å². The van der Waals surface area contributed by atoms with Gasteiger partial charge in [-0.15, -0.1) is 4.83 Å². The second-order valence-electron chi connectivity index (χ2n) is 7.83. The van der Waals surface area contributed by atoms with Gasteiger partial charge in [0.2, 0.25) is 0 Å². The summed E-state index contributed by atoms with van der Waals surface area (Å²) in [5.74, 6) is 0.673. The minimum Gasteiger partial charge on any atom is -0.393 e. The highest BCUT2D eigenvalue weighted by molar-refractivity contribution is 7.89. The number of anilines is 3. The summed E-state index contributed by atoms with van der Waals surface area (Å²) in [5.41, 5.74) is 12.4. The number of nitrogens with two attached hydrogens (primary N) is 1. The Kier molecular flexibility index (Phi) is 7.05. The molecule has 174 valence electrons. The molecule has 34 heavy (non-hydrogen) atoms. The summed E-state index contributed by atoms with van der Waals surface area (Å²) in [4.78, 5) is 13.1. The number of sulfonamides is 1. The number of hydrazine groups is 1. The summed E-state index contributed by atoms with van der Waals surface area (Å²) in [7, 11) is -3.81. The fourth-order valence-electron chi connectivity index (χ4n) is 3.44. The SMILES string of the molecule is Cc1ccc(S(=O)(=O)NNc2ncnc(N(Cc3ccccc3)Cc3ccccc3)c2N)cc1. The maximum absolute atomic E-state index is 12.7. The van der Waals surface area contributed by atoms with Gasteiger partial charge in [-0.1, -0.05) is 78.4 Å². The number of nitrogen functional groups attached to an aromatic ring is 1. The van der Waals surface area contributed by atoms with Crippen LogP contribution in [-0.4, -0.2) is 18.4 Å². The zero-order valence-corrected chi connectivity index (χ0v) is 19.5. The van der Waals surface area contributed by atoms with Crippen molar-refractivity contribution < 1.29 is 8.42 Å². The Morgan fingerprint density at radius 1 is 0.824 bits per heavy atom. The molecule has 0 bridgehead atoms. The molecule has 8 nitrogen and oxygen atoms in total. The third-order valence-electron chi connectivity index (χ3n) is 5.23. The molecule has 0 aliphatic carbocycles. The van der Waals surface area contributed by atoms with Gasteiger partial charge in [-0.05, 0) is 30.2 Å². The molecule has 0 saturated carbocycles. The second-order valence-corrected chi connectivity index (χ2v) is 9.51. The zero-order valence-electron chi connectivity index (χ0n) is 18.7. The Balaban J connectivity index is 1.59. The van der Waals surface area contributed by atoms with Crippen molar-refractivity contribution in [1.29, 1.82) is 0 Å². The number of hydrogen-bond acceptors (Lipinski definition) is 7. The van der Waals surface area contributed by atoms with E-state index in [0.29, 0.717) is 18.9 Å². The Morgan fingerprint density at radius 3 is 1.94 bits per heavy atom. The third-order valence-corrected chi connectivity index (χ3v) is 6.49. The lowest BCUT2D eigenvalue weighted by atomic mass is 10.1. The van der Waals surface area contributed by atoms with Crippen molar-refractivity contribution in [3.8, 4) is 0 Å². The van der Waals surface area contributed by atoms with E-state index >= 15 is 0 Å². The van der Waals surface area contributed by atoms with Gasteiger partial charge in [0.1, 0.15) is 12.0 Å². The normalized spacial score (nSPS) is 11.2. The second kappa shape index (κ2) is 10.3. The number of nitrogens with zero attached hydrogens (tertiary/aromatic N) is 3.